The zero-order chi connectivity index (χ0) is 10.3. The monoisotopic (exact) mass is 195 g/mol. The Bertz CT molecular complexity index is 366. The Morgan fingerprint density at radius 3 is 2.64 bits per heavy atom. The first kappa shape index (κ1) is 9.46. The Balaban J connectivity index is 2.34. The molecule has 1 aromatic carbocycles. The highest BCUT2D eigenvalue weighted by molar-refractivity contribution is 5.39. The van der Waals surface area contributed by atoms with Crippen molar-refractivity contribution in [3.8, 4) is 5.75 Å². The highest BCUT2D eigenvalue weighted by Crippen LogP contribution is 2.46. The Labute approximate surface area is 82.9 Å². The highest BCUT2D eigenvalue weighted by Gasteiger charge is 2.48. The number of methoxy groups -OCH3 is 1. The summed E-state index contributed by atoms with van der Waals surface area (Å²) in [6.07, 6.45) is 0.929. The fraction of sp³-hybridized carbons (Fsp3) is 0.455. The van der Waals surface area contributed by atoms with Crippen molar-refractivity contribution in [1.29, 1.82) is 0 Å². The van der Waals surface area contributed by atoms with E-state index in [1.54, 1.807) is 6.07 Å². The van der Waals surface area contributed by atoms with E-state index in [9.17, 15) is 4.39 Å². The molecule has 1 aliphatic carbocycles. The molecule has 0 heterocycles. The summed E-state index contributed by atoms with van der Waals surface area (Å²) in [4.78, 5) is 0. The van der Waals surface area contributed by atoms with Crippen LogP contribution in [0.3, 0.4) is 0 Å². The summed E-state index contributed by atoms with van der Waals surface area (Å²) in [5.41, 5.74) is 6.73. The predicted octanol–water partition coefficient (Wildman–Crippen LogP) is 1.82. The van der Waals surface area contributed by atoms with E-state index in [1.807, 2.05) is 6.07 Å². The summed E-state index contributed by atoms with van der Waals surface area (Å²) in [5, 5.41) is 0. The molecule has 14 heavy (non-hydrogen) atoms. The number of nitrogens with two attached hydrogens (primary N) is 1. The lowest BCUT2D eigenvalue weighted by Gasteiger charge is -2.11. The molecule has 2 rings (SSSR count). The van der Waals surface area contributed by atoms with E-state index in [4.69, 9.17) is 10.5 Å². The second-order valence-corrected chi connectivity index (χ2v) is 4.08. The zero-order valence-corrected chi connectivity index (χ0v) is 8.38. The van der Waals surface area contributed by atoms with Crippen molar-refractivity contribution in [2.45, 2.75) is 24.8 Å². The van der Waals surface area contributed by atoms with E-state index in [1.165, 1.54) is 13.2 Å². The van der Waals surface area contributed by atoms with Crippen LogP contribution in [0.25, 0.3) is 0 Å². The molecule has 1 aromatic rings. The van der Waals surface area contributed by atoms with E-state index >= 15 is 0 Å². The number of ether oxygens (including phenoxy) is 1. The molecule has 0 radical (unpaired) electrons. The third-order valence-electron chi connectivity index (χ3n) is 3.11. The highest BCUT2D eigenvalue weighted by atomic mass is 19.1. The van der Waals surface area contributed by atoms with Crippen LogP contribution < -0.4 is 10.5 Å². The molecule has 0 aromatic heterocycles. The molecule has 0 aliphatic heterocycles. The first-order valence-electron chi connectivity index (χ1n) is 4.67. The fourth-order valence-corrected chi connectivity index (χ4v) is 1.75. The smallest absolute Gasteiger partial charge is 0.165 e. The Hall–Kier alpha value is -1.09. The SMILES string of the molecule is COc1ccc(C2(C)CC2N)cc1F. The molecule has 1 fully saturated rings. The largest absolute Gasteiger partial charge is 0.494 e. The standard InChI is InChI=1S/C11H14FNO/c1-11(6-10(11)13)7-3-4-9(14-2)8(12)5-7/h3-5,10H,6,13H2,1-2H3. The normalized spacial score (nSPS) is 30.1. The second kappa shape index (κ2) is 2.95. The van der Waals surface area contributed by atoms with Gasteiger partial charge in [0.2, 0.25) is 0 Å². The maximum Gasteiger partial charge on any atom is 0.165 e. The molecular weight excluding hydrogens is 181 g/mol. The molecular formula is C11H14FNO. The molecule has 0 bridgehead atoms. The molecule has 3 heteroatoms. The van der Waals surface area contributed by atoms with Gasteiger partial charge in [0.1, 0.15) is 0 Å². The lowest BCUT2D eigenvalue weighted by Crippen LogP contribution is -2.14. The molecule has 76 valence electrons. The molecule has 1 aliphatic rings. The molecule has 0 spiro atoms. The Kier molecular flexibility index (Phi) is 2.00. The summed E-state index contributed by atoms with van der Waals surface area (Å²) in [5.74, 6) is -0.0307. The van der Waals surface area contributed by atoms with Gasteiger partial charge in [-0.1, -0.05) is 13.0 Å². The molecule has 1 saturated carbocycles. The van der Waals surface area contributed by atoms with E-state index in [0.717, 1.165) is 12.0 Å². The fourth-order valence-electron chi connectivity index (χ4n) is 1.75. The van der Waals surface area contributed by atoms with E-state index < -0.39 is 0 Å². The van der Waals surface area contributed by atoms with Crippen LogP contribution in [0.5, 0.6) is 5.75 Å². The minimum atomic E-state index is -0.315. The third kappa shape index (κ3) is 1.28. The topological polar surface area (TPSA) is 35.2 Å². The number of halogens is 1. The first-order chi connectivity index (χ1) is 6.58. The van der Waals surface area contributed by atoms with Gasteiger partial charge < -0.3 is 10.5 Å². The van der Waals surface area contributed by atoms with E-state index in [0.29, 0.717) is 0 Å². The van der Waals surface area contributed by atoms with Gasteiger partial charge in [0.25, 0.3) is 0 Å². The van der Waals surface area contributed by atoms with Crippen molar-refractivity contribution in [3.05, 3.63) is 29.6 Å². The lowest BCUT2D eigenvalue weighted by molar-refractivity contribution is 0.386. The molecule has 0 saturated heterocycles. The van der Waals surface area contributed by atoms with Gasteiger partial charge in [-0.2, -0.15) is 0 Å². The molecule has 2 nitrogen and oxygen atoms in total. The molecule has 2 N–H and O–H groups in total. The molecule has 2 atom stereocenters. The summed E-state index contributed by atoms with van der Waals surface area (Å²) in [6, 6.07) is 5.22. The van der Waals surface area contributed by atoms with Crippen LogP contribution in [0.15, 0.2) is 18.2 Å². The van der Waals surface area contributed by atoms with Crippen molar-refractivity contribution in [3.63, 3.8) is 0 Å². The van der Waals surface area contributed by atoms with Crippen LogP contribution in [0.1, 0.15) is 18.9 Å². The van der Waals surface area contributed by atoms with Crippen molar-refractivity contribution in [1.82, 2.24) is 0 Å². The van der Waals surface area contributed by atoms with Crippen LogP contribution in [-0.4, -0.2) is 13.2 Å². The van der Waals surface area contributed by atoms with Crippen LogP contribution in [-0.2, 0) is 5.41 Å². The van der Waals surface area contributed by atoms with Crippen molar-refractivity contribution in [2.24, 2.45) is 5.73 Å². The second-order valence-electron chi connectivity index (χ2n) is 4.08. The number of hydrogen-bond acceptors (Lipinski definition) is 2. The van der Waals surface area contributed by atoms with Gasteiger partial charge in [-0.15, -0.1) is 0 Å². The number of benzene rings is 1. The summed E-state index contributed by atoms with van der Waals surface area (Å²) in [6.45, 7) is 2.05. The van der Waals surface area contributed by atoms with Gasteiger partial charge in [-0.3, -0.25) is 0 Å². The van der Waals surface area contributed by atoms with Crippen LogP contribution >= 0.6 is 0 Å². The van der Waals surface area contributed by atoms with Gasteiger partial charge in [0, 0.05) is 11.5 Å². The van der Waals surface area contributed by atoms with Crippen LogP contribution in [0, 0.1) is 5.82 Å². The van der Waals surface area contributed by atoms with Crippen molar-refractivity contribution >= 4 is 0 Å². The summed E-state index contributed by atoms with van der Waals surface area (Å²) < 4.78 is 18.2. The minimum Gasteiger partial charge on any atom is -0.494 e. The lowest BCUT2D eigenvalue weighted by atomic mass is 9.97. The number of rotatable bonds is 2. The minimum absolute atomic E-state index is 0.0346. The van der Waals surface area contributed by atoms with Crippen molar-refractivity contribution in [2.75, 3.05) is 7.11 Å². The zero-order valence-electron chi connectivity index (χ0n) is 8.38. The molecule has 0 amide bonds. The summed E-state index contributed by atoms with van der Waals surface area (Å²) in [7, 11) is 1.46. The predicted molar refractivity (Wildman–Crippen MR) is 52.9 cm³/mol. The first-order valence-corrected chi connectivity index (χ1v) is 4.67. The van der Waals surface area contributed by atoms with Crippen molar-refractivity contribution < 1.29 is 9.13 Å². The average Bonchev–Trinajstić information content (AvgIpc) is 2.76. The van der Waals surface area contributed by atoms with Gasteiger partial charge in [0.05, 0.1) is 7.11 Å². The Morgan fingerprint density at radius 2 is 2.21 bits per heavy atom. The van der Waals surface area contributed by atoms with Gasteiger partial charge in [-0.25, -0.2) is 4.39 Å². The summed E-state index contributed by atoms with van der Waals surface area (Å²) >= 11 is 0. The van der Waals surface area contributed by atoms with Crippen LogP contribution in [0.2, 0.25) is 0 Å². The maximum atomic E-state index is 13.4. The Morgan fingerprint density at radius 1 is 1.57 bits per heavy atom. The quantitative estimate of drug-likeness (QED) is 0.781. The van der Waals surface area contributed by atoms with Crippen LogP contribution in [0.4, 0.5) is 4.39 Å². The van der Waals surface area contributed by atoms with Gasteiger partial charge >= 0.3 is 0 Å². The average molecular weight is 195 g/mol. The molecule has 2 unspecified atom stereocenters. The maximum absolute atomic E-state index is 13.4. The van der Waals surface area contributed by atoms with Gasteiger partial charge in [-0.05, 0) is 24.1 Å². The van der Waals surface area contributed by atoms with E-state index in [-0.39, 0.29) is 23.0 Å². The number of hydrogen-bond donors (Lipinski definition) is 1. The van der Waals surface area contributed by atoms with Gasteiger partial charge in [0.15, 0.2) is 11.6 Å². The van der Waals surface area contributed by atoms with E-state index in [2.05, 4.69) is 6.92 Å². The third-order valence-corrected chi connectivity index (χ3v) is 3.11.